The summed E-state index contributed by atoms with van der Waals surface area (Å²) < 4.78 is 22.4. The Hall–Kier alpha value is -3.28. The van der Waals surface area contributed by atoms with Crippen LogP contribution in [0.4, 0.5) is 0 Å². The summed E-state index contributed by atoms with van der Waals surface area (Å²) in [7, 11) is 3.14. The Morgan fingerprint density at radius 3 is 1.25 bits per heavy atom. The first-order valence-corrected chi connectivity index (χ1v) is 10.5. The summed E-state index contributed by atoms with van der Waals surface area (Å²) in [6.45, 7) is 12.2. The predicted octanol–water partition coefficient (Wildman–Crippen LogP) is 5.05. The van der Waals surface area contributed by atoms with E-state index < -0.39 is 11.9 Å². The molecule has 2 aliphatic rings. The predicted molar refractivity (Wildman–Crippen MR) is 121 cm³/mol. The van der Waals surface area contributed by atoms with Crippen LogP contribution in [0.3, 0.4) is 0 Å². The molecule has 2 heterocycles. The zero-order valence-corrected chi connectivity index (χ0v) is 19.8. The highest BCUT2D eigenvalue weighted by Crippen LogP contribution is 2.51. The summed E-state index contributed by atoms with van der Waals surface area (Å²) in [6, 6.07) is 7.19. The van der Waals surface area contributed by atoms with Crippen LogP contribution in [0.15, 0.2) is 24.3 Å². The van der Waals surface area contributed by atoms with Gasteiger partial charge in [-0.2, -0.15) is 0 Å². The van der Waals surface area contributed by atoms with E-state index in [1.165, 1.54) is 0 Å². The largest absolute Gasteiger partial charge is 0.497 e. The summed E-state index contributed by atoms with van der Waals surface area (Å²) in [5.74, 6) is 0.893. The Balaban J connectivity index is 2.07. The van der Waals surface area contributed by atoms with Gasteiger partial charge in [0, 0.05) is 22.3 Å². The summed E-state index contributed by atoms with van der Waals surface area (Å²) in [5.41, 5.74) is 2.44. The number of hydrogen-bond donors (Lipinski definition) is 0. The first-order chi connectivity index (χ1) is 14.9. The number of carbonyl (C=O) groups excluding carboxylic acids is 2. The number of esters is 2. The maximum absolute atomic E-state index is 13.1. The molecule has 2 aromatic rings. The van der Waals surface area contributed by atoms with Crippen molar-refractivity contribution in [1.29, 1.82) is 0 Å². The van der Waals surface area contributed by atoms with Crippen molar-refractivity contribution in [1.82, 2.24) is 0 Å². The quantitative estimate of drug-likeness (QED) is 0.373. The molecule has 2 aliphatic heterocycles. The van der Waals surface area contributed by atoms with Crippen LogP contribution in [0.2, 0.25) is 0 Å². The van der Waals surface area contributed by atoms with Crippen LogP contribution in [0, 0.1) is 0 Å². The number of ether oxygens (including phenoxy) is 4. The summed E-state index contributed by atoms with van der Waals surface area (Å²) >= 11 is 0. The monoisotopic (exact) mass is 436 g/mol. The van der Waals surface area contributed by atoms with Crippen LogP contribution in [-0.2, 0) is 20.4 Å². The molecule has 32 heavy (non-hydrogen) atoms. The first kappa shape index (κ1) is 21.9. The number of rotatable bonds is 2. The highest BCUT2D eigenvalue weighted by Gasteiger charge is 2.42. The van der Waals surface area contributed by atoms with Gasteiger partial charge in [0.1, 0.15) is 23.0 Å². The molecule has 0 fully saturated rings. The molecule has 0 radical (unpaired) electrons. The van der Waals surface area contributed by atoms with E-state index >= 15 is 0 Å². The Labute approximate surface area is 188 Å². The SMILES string of the molecule is COc1cc2c(c(C(C)(C)C)c1)OC(=O)/C2=C1/C(=O)Oc2c1cc(OC)cc2C(C)(C)C. The molecule has 0 saturated carbocycles. The Morgan fingerprint density at radius 1 is 0.625 bits per heavy atom. The van der Waals surface area contributed by atoms with Gasteiger partial charge in [0.05, 0.1) is 25.4 Å². The normalized spacial score (nSPS) is 17.6. The minimum atomic E-state index is -0.585. The van der Waals surface area contributed by atoms with Gasteiger partial charge < -0.3 is 18.9 Å². The van der Waals surface area contributed by atoms with Crippen LogP contribution in [0.1, 0.15) is 63.8 Å². The molecule has 0 spiro atoms. The van der Waals surface area contributed by atoms with Gasteiger partial charge >= 0.3 is 11.9 Å². The van der Waals surface area contributed by atoms with E-state index in [2.05, 4.69) is 0 Å². The number of methoxy groups -OCH3 is 2. The van der Waals surface area contributed by atoms with Crippen LogP contribution in [-0.4, -0.2) is 26.2 Å². The Bertz CT molecular complexity index is 1090. The summed E-state index contributed by atoms with van der Waals surface area (Å²) in [5, 5.41) is 0. The lowest BCUT2D eigenvalue weighted by Gasteiger charge is -2.22. The maximum Gasteiger partial charge on any atom is 0.345 e. The van der Waals surface area contributed by atoms with Crippen molar-refractivity contribution in [3.8, 4) is 23.0 Å². The molecular weight excluding hydrogens is 408 g/mol. The van der Waals surface area contributed by atoms with Crippen LogP contribution < -0.4 is 18.9 Å². The van der Waals surface area contributed by atoms with Gasteiger partial charge in [-0.3, -0.25) is 0 Å². The fourth-order valence-corrected chi connectivity index (χ4v) is 4.13. The van der Waals surface area contributed by atoms with Crippen molar-refractivity contribution >= 4 is 23.1 Å². The zero-order chi connectivity index (χ0) is 23.6. The van der Waals surface area contributed by atoms with E-state index in [4.69, 9.17) is 18.9 Å². The lowest BCUT2D eigenvalue weighted by Crippen LogP contribution is -2.13. The van der Waals surface area contributed by atoms with Gasteiger partial charge in [0.2, 0.25) is 0 Å². The molecule has 0 N–H and O–H groups in total. The molecule has 0 atom stereocenters. The highest BCUT2D eigenvalue weighted by atomic mass is 16.5. The molecule has 0 aromatic heterocycles. The van der Waals surface area contributed by atoms with Gasteiger partial charge in [-0.25, -0.2) is 9.59 Å². The molecule has 4 rings (SSSR count). The number of hydrogen-bond acceptors (Lipinski definition) is 6. The van der Waals surface area contributed by atoms with Gasteiger partial charge in [-0.1, -0.05) is 41.5 Å². The van der Waals surface area contributed by atoms with Crippen molar-refractivity contribution in [3.05, 3.63) is 46.5 Å². The molecule has 0 bridgehead atoms. The van der Waals surface area contributed by atoms with Gasteiger partial charge in [0.25, 0.3) is 0 Å². The lowest BCUT2D eigenvalue weighted by molar-refractivity contribution is -0.129. The maximum atomic E-state index is 13.1. The second-order valence-electron chi connectivity index (χ2n) is 10.1. The van der Waals surface area contributed by atoms with E-state index in [1.807, 2.05) is 53.7 Å². The van der Waals surface area contributed by atoms with E-state index in [0.717, 1.165) is 11.1 Å². The number of benzene rings is 2. The molecular formula is C26H28O6. The minimum absolute atomic E-state index is 0.182. The van der Waals surface area contributed by atoms with Crippen molar-refractivity contribution in [2.75, 3.05) is 14.2 Å². The minimum Gasteiger partial charge on any atom is -0.497 e. The van der Waals surface area contributed by atoms with Gasteiger partial charge in [-0.05, 0) is 35.1 Å². The van der Waals surface area contributed by atoms with E-state index in [-0.39, 0.29) is 22.0 Å². The van der Waals surface area contributed by atoms with Gasteiger partial charge in [-0.15, -0.1) is 0 Å². The van der Waals surface area contributed by atoms with E-state index in [1.54, 1.807) is 26.4 Å². The number of carbonyl (C=O) groups is 2. The molecule has 6 heteroatoms. The van der Waals surface area contributed by atoms with Crippen molar-refractivity contribution in [2.24, 2.45) is 0 Å². The fraction of sp³-hybridized carbons (Fsp3) is 0.385. The van der Waals surface area contributed by atoms with Gasteiger partial charge in [0.15, 0.2) is 0 Å². The van der Waals surface area contributed by atoms with Crippen molar-refractivity contribution in [2.45, 2.75) is 52.4 Å². The second-order valence-corrected chi connectivity index (χ2v) is 10.1. The van der Waals surface area contributed by atoms with Crippen LogP contribution >= 0.6 is 0 Å². The Kier molecular flexibility index (Phi) is 4.88. The topological polar surface area (TPSA) is 71.1 Å². The van der Waals surface area contributed by atoms with Crippen LogP contribution in [0.5, 0.6) is 23.0 Å². The lowest BCUT2D eigenvalue weighted by atomic mass is 9.83. The van der Waals surface area contributed by atoms with Crippen molar-refractivity contribution < 1.29 is 28.5 Å². The molecule has 168 valence electrons. The molecule has 2 aromatic carbocycles. The third-order valence-corrected chi connectivity index (χ3v) is 5.80. The molecule has 6 nitrogen and oxygen atoms in total. The van der Waals surface area contributed by atoms with Crippen molar-refractivity contribution in [3.63, 3.8) is 0 Å². The first-order valence-electron chi connectivity index (χ1n) is 10.5. The Morgan fingerprint density at radius 2 is 0.969 bits per heavy atom. The molecule has 0 amide bonds. The zero-order valence-electron chi connectivity index (χ0n) is 19.8. The number of fused-ring (bicyclic) bond motifs is 2. The van der Waals surface area contributed by atoms with E-state index in [0.29, 0.717) is 34.1 Å². The summed E-state index contributed by atoms with van der Waals surface area (Å²) in [4.78, 5) is 26.3. The third-order valence-electron chi connectivity index (χ3n) is 5.80. The second kappa shape index (κ2) is 7.12. The standard InChI is InChI=1S/C26H28O6/c1-25(2,3)17-11-13(29-7)9-15-19(23(27)31-21(15)17)20-16-10-14(30-8)12-18(26(4,5)6)22(16)32-24(20)28/h9-12H,1-8H3/b20-19+. The average molecular weight is 437 g/mol. The fourth-order valence-electron chi connectivity index (χ4n) is 4.13. The molecule has 0 unspecified atom stereocenters. The average Bonchev–Trinajstić information content (AvgIpc) is 3.19. The molecule has 0 saturated heterocycles. The highest BCUT2D eigenvalue weighted by molar-refractivity contribution is 6.41. The van der Waals surface area contributed by atoms with Crippen LogP contribution in [0.25, 0.3) is 11.1 Å². The van der Waals surface area contributed by atoms with E-state index in [9.17, 15) is 9.59 Å². The molecule has 0 aliphatic carbocycles. The smallest absolute Gasteiger partial charge is 0.345 e. The summed E-state index contributed by atoms with van der Waals surface area (Å²) in [6.07, 6.45) is 0. The third kappa shape index (κ3) is 3.34.